The molecule has 5 fully saturated rings. The molecule has 0 aromatic rings. The quantitative estimate of drug-likeness (QED) is 0.254. The molecule has 0 amide bonds. The van der Waals surface area contributed by atoms with E-state index in [1.807, 2.05) is 0 Å². The lowest BCUT2D eigenvalue weighted by Gasteiger charge is -2.73. The van der Waals surface area contributed by atoms with Crippen LogP contribution >= 0.6 is 0 Å². The molecule has 0 spiro atoms. The third-order valence-electron chi connectivity index (χ3n) is 14.3. The first-order valence-corrected chi connectivity index (χ1v) is 15.4. The van der Waals surface area contributed by atoms with Crippen LogP contribution in [0.1, 0.15) is 91.9 Å². The normalized spacial score (nSPS) is 53.1. The van der Waals surface area contributed by atoms with E-state index < -0.39 is 0 Å². The van der Waals surface area contributed by atoms with Crippen molar-refractivity contribution < 1.29 is 15.3 Å². The molecule has 5 saturated carbocycles. The fraction of sp³-hybridized carbons (Fsp3) is 0.938. The van der Waals surface area contributed by atoms with E-state index >= 15 is 0 Å². The molecule has 0 aromatic heterocycles. The van der Waals surface area contributed by atoms with Crippen LogP contribution in [-0.4, -0.2) is 54.3 Å². The van der Waals surface area contributed by atoms with Crippen molar-refractivity contribution in [2.24, 2.45) is 62.4 Å². The zero-order valence-corrected chi connectivity index (χ0v) is 24.2. The number of rotatable bonds is 7. The molecule has 5 aliphatic carbocycles. The number of hydrogen-bond acceptors (Lipinski definition) is 5. The molecule has 0 saturated heterocycles. The van der Waals surface area contributed by atoms with Gasteiger partial charge in [0.15, 0.2) is 0 Å². The summed E-state index contributed by atoms with van der Waals surface area (Å²) in [5.74, 6) is 2.73. The molecule has 5 rings (SSSR count). The summed E-state index contributed by atoms with van der Waals surface area (Å²) in [5.41, 5.74) is 8.58. The summed E-state index contributed by atoms with van der Waals surface area (Å²) < 4.78 is 0. The van der Waals surface area contributed by atoms with Crippen LogP contribution in [0.2, 0.25) is 0 Å². The van der Waals surface area contributed by atoms with E-state index in [1.165, 1.54) is 44.1 Å². The molecule has 5 nitrogen and oxygen atoms in total. The first-order valence-electron chi connectivity index (χ1n) is 15.4. The Labute approximate surface area is 226 Å². The van der Waals surface area contributed by atoms with Gasteiger partial charge in [-0.05, 0) is 115 Å². The minimum atomic E-state index is -0.180. The Bertz CT molecular complexity index is 880. The van der Waals surface area contributed by atoms with Gasteiger partial charge in [0.25, 0.3) is 0 Å². The van der Waals surface area contributed by atoms with Gasteiger partial charge in [-0.3, -0.25) is 0 Å². The van der Waals surface area contributed by atoms with Gasteiger partial charge in [-0.25, -0.2) is 0 Å². The van der Waals surface area contributed by atoms with Crippen LogP contribution < -0.4 is 11.1 Å². The zero-order chi connectivity index (χ0) is 26.9. The number of fused-ring (bicyclic) bond motifs is 7. The van der Waals surface area contributed by atoms with Gasteiger partial charge >= 0.3 is 0 Å². The first-order chi connectivity index (χ1) is 17.5. The zero-order valence-electron chi connectivity index (χ0n) is 24.2. The third kappa shape index (κ3) is 3.73. The number of nitrogens with two attached hydrogens (primary N) is 1. The smallest absolute Gasteiger partial charge is 0.0556 e. The van der Waals surface area contributed by atoms with Crippen LogP contribution in [-0.2, 0) is 0 Å². The Morgan fingerprint density at radius 3 is 2.27 bits per heavy atom. The van der Waals surface area contributed by atoms with Crippen LogP contribution in [0.25, 0.3) is 0 Å². The van der Waals surface area contributed by atoms with Gasteiger partial charge in [-0.2, -0.15) is 0 Å². The molecular weight excluding hydrogens is 460 g/mol. The summed E-state index contributed by atoms with van der Waals surface area (Å²) in [6.45, 7) is 16.7. The number of nitrogens with one attached hydrogen (secondary N) is 1. The molecule has 0 heterocycles. The summed E-state index contributed by atoms with van der Waals surface area (Å²) in [4.78, 5) is 0. The van der Waals surface area contributed by atoms with Crippen LogP contribution in [0.15, 0.2) is 12.2 Å². The molecule has 6 N–H and O–H groups in total. The molecule has 1 unspecified atom stereocenters. The highest BCUT2D eigenvalue weighted by atomic mass is 16.3. The van der Waals surface area contributed by atoms with Gasteiger partial charge in [0, 0.05) is 31.2 Å². The molecule has 0 aliphatic heterocycles. The molecule has 0 aromatic carbocycles. The Morgan fingerprint density at radius 1 is 0.838 bits per heavy atom. The molecule has 5 heteroatoms. The minimum absolute atomic E-state index is 0.0478. The van der Waals surface area contributed by atoms with Gasteiger partial charge in [0.05, 0.1) is 13.2 Å². The monoisotopic (exact) mass is 516 g/mol. The van der Waals surface area contributed by atoms with Crippen molar-refractivity contribution in [2.75, 3.05) is 32.9 Å². The fourth-order valence-corrected chi connectivity index (χ4v) is 12.0. The second-order valence-corrected chi connectivity index (χ2v) is 15.2. The second-order valence-electron chi connectivity index (χ2n) is 15.2. The first kappa shape index (κ1) is 28.1. The lowest BCUT2D eigenvalue weighted by molar-refractivity contribution is -0.244. The minimum Gasteiger partial charge on any atom is -0.396 e. The standard InChI is InChI=1S/C32H56N2O3/c1-21(18-34-16-17-35)22-8-13-32(20-37)15-14-30(4)23(27(22)32)6-7-25-28(2)11-10-26(33)29(3,19-36)24(28)9-12-31(25,30)5/h22-27,34-37H,1,6-20,33H2,2-5H3/t22-,23+,24+,25+,26?,27+,28-,29-,30+,31+,32+/m0/s1. The van der Waals surface area contributed by atoms with Gasteiger partial charge in [0.2, 0.25) is 0 Å². The molecular formula is C32H56N2O3. The van der Waals surface area contributed by atoms with Crippen molar-refractivity contribution in [1.82, 2.24) is 5.32 Å². The van der Waals surface area contributed by atoms with E-state index in [4.69, 9.17) is 5.73 Å². The van der Waals surface area contributed by atoms with E-state index in [9.17, 15) is 15.3 Å². The second kappa shape index (κ2) is 9.58. The van der Waals surface area contributed by atoms with Crippen molar-refractivity contribution >= 4 is 0 Å². The maximum absolute atomic E-state index is 10.8. The Hall–Kier alpha value is -0.460. The van der Waals surface area contributed by atoms with Gasteiger partial charge in [-0.15, -0.1) is 0 Å². The lowest BCUT2D eigenvalue weighted by Crippen LogP contribution is -2.68. The van der Waals surface area contributed by atoms with Crippen molar-refractivity contribution in [2.45, 2.75) is 97.9 Å². The summed E-state index contributed by atoms with van der Waals surface area (Å²) in [7, 11) is 0. The molecule has 5 aliphatic rings. The maximum Gasteiger partial charge on any atom is 0.0556 e. The largest absolute Gasteiger partial charge is 0.396 e. The summed E-state index contributed by atoms with van der Waals surface area (Å²) in [6.07, 6.45) is 11.8. The van der Waals surface area contributed by atoms with E-state index in [0.717, 1.165) is 32.2 Å². The van der Waals surface area contributed by atoms with E-state index in [0.29, 0.717) is 42.7 Å². The Kier molecular flexibility index (Phi) is 7.27. The van der Waals surface area contributed by atoms with Gasteiger partial charge in [-0.1, -0.05) is 39.8 Å². The molecule has 212 valence electrons. The van der Waals surface area contributed by atoms with Crippen molar-refractivity contribution in [1.29, 1.82) is 0 Å². The molecule has 0 radical (unpaired) electrons. The Morgan fingerprint density at radius 2 is 1.59 bits per heavy atom. The molecule has 37 heavy (non-hydrogen) atoms. The highest BCUT2D eigenvalue weighted by molar-refractivity contribution is 5.22. The fourth-order valence-electron chi connectivity index (χ4n) is 12.0. The number of aliphatic hydroxyl groups excluding tert-OH is 3. The average molecular weight is 517 g/mol. The molecule has 0 bridgehead atoms. The highest BCUT2D eigenvalue weighted by Crippen LogP contribution is 2.77. The van der Waals surface area contributed by atoms with Crippen LogP contribution in [0.3, 0.4) is 0 Å². The third-order valence-corrected chi connectivity index (χ3v) is 14.3. The van der Waals surface area contributed by atoms with E-state index in [2.05, 4.69) is 39.6 Å². The predicted molar refractivity (Wildman–Crippen MR) is 150 cm³/mol. The van der Waals surface area contributed by atoms with Crippen molar-refractivity contribution in [3.8, 4) is 0 Å². The Balaban J connectivity index is 1.48. The maximum atomic E-state index is 10.8. The SMILES string of the molecule is C=C(CNCCO)[C@@H]1CC[C@]2(CO)CC[C@]3(C)[C@H](CC[C@@H]4[C@@]5(C)CCC(N)[C@@](C)(CO)[C@@H]5CC[C@]43C)[C@@H]12. The van der Waals surface area contributed by atoms with E-state index in [1.54, 1.807) is 0 Å². The van der Waals surface area contributed by atoms with Crippen LogP contribution in [0.4, 0.5) is 0 Å². The van der Waals surface area contributed by atoms with Crippen LogP contribution in [0, 0.1) is 56.7 Å². The summed E-state index contributed by atoms with van der Waals surface area (Å²) in [5, 5.41) is 34.0. The van der Waals surface area contributed by atoms with Crippen molar-refractivity contribution in [3.05, 3.63) is 12.2 Å². The predicted octanol–water partition coefficient (Wildman–Crippen LogP) is 4.50. The van der Waals surface area contributed by atoms with Crippen LogP contribution in [0.5, 0.6) is 0 Å². The van der Waals surface area contributed by atoms with E-state index in [-0.39, 0.29) is 46.3 Å². The lowest BCUT2D eigenvalue weighted by atomic mass is 9.32. The van der Waals surface area contributed by atoms with Gasteiger partial charge in [0.1, 0.15) is 0 Å². The number of hydrogen-bond donors (Lipinski definition) is 5. The number of aliphatic hydroxyl groups is 3. The van der Waals surface area contributed by atoms with Crippen molar-refractivity contribution in [3.63, 3.8) is 0 Å². The highest BCUT2D eigenvalue weighted by Gasteiger charge is 2.71. The summed E-state index contributed by atoms with van der Waals surface area (Å²) in [6, 6.07) is 0.0939. The van der Waals surface area contributed by atoms with Gasteiger partial charge < -0.3 is 26.4 Å². The topological polar surface area (TPSA) is 98.7 Å². The molecule has 11 atom stereocenters. The average Bonchev–Trinajstić information content (AvgIpc) is 3.27. The summed E-state index contributed by atoms with van der Waals surface area (Å²) >= 11 is 0.